The minimum Gasteiger partial charge on any atom is -0.341 e. The molecule has 3 heterocycles. The minimum absolute atomic E-state index is 0.0192. The van der Waals surface area contributed by atoms with Crippen molar-refractivity contribution in [2.45, 2.75) is 52.1 Å². The smallest absolute Gasteiger partial charge is 0.230 e. The molecule has 3 amide bonds. The Balaban J connectivity index is 1.42. The number of aromatic nitrogens is 2. The van der Waals surface area contributed by atoms with Crippen LogP contribution in [0.2, 0.25) is 0 Å². The molecule has 32 heavy (non-hydrogen) atoms. The normalized spacial score (nSPS) is 20.6. The summed E-state index contributed by atoms with van der Waals surface area (Å²) < 4.78 is 1.86. The van der Waals surface area contributed by atoms with Gasteiger partial charge >= 0.3 is 0 Å². The first-order valence-electron chi connectivity index (χ1n) is 11.5. The largest absolute Gasteiger partial charge is 0.341 e. The first-order chi connectivity index (χ1) is 15.4. The van der Waals surface area contributed by atoms with Gasteiger partial charge in [-0.15, -0.1) is 0 Å². The van der Waals surface area contributed by atoms with Gasteiger partial charge in [-0.1, -0.05) is 6.07 Å². The van der Waals surface area contributed by atoms with E-state index in [0.717, 1.165) is 48.3 Å². The zero-order chi connectivity index (χ0) is 22.4. The SMILES string of the molecule is CC(=O)N1c2ccc(-c3cnn(CCN4CCCC4=O)c3)cc2N(C(=O)C2CC2)C[C@@H]1C. The number of hydrogen-bond acceptors (Lipinski definition) is 4. The number of rotatable bonds is 5. The van der Waals surface area contributed by atoms with E-state index in [1.54, 1.807) is 11.8 Å². The van der Waals surface area contributed by atoms with Crippen molar-refractivity contribution in [2.75, 3.05) is 29.4 Å². The number of amides is 3. The number of carbonyl (C=O) groups excluding carboxylic acids is 3. The molecule has 5 rings (SSSR count). The number of fused-ring (bicyclic) bond motifs is 1. The van der Waals surface area contributed by atoms with Gasteiger partial charge in [-0.25, -0.2) is 0 Å². The Kier molecular flexibility index (Phi) is 5.23. The fourth-order valence-corrected chi connectivity index (χ4v) is 4.84. The summed E-state index contributed by atoms with van der Waals surface area (Å²) in [6.45, 7) is 6.21. The lowest BCUT2D eigenvalue weighted by Gasteiger charge is -2.41. The number of nitrogens with zero attached hydrogens (tertiary/aromatic N) is 5. The van der Waals surface area contributed by atoms with E-state index >= 15 is 0 Å². The van der Waals surface area contributed by atoms with Crippen LogP contribution in [-0.2, 0) is 20.9 Å². The molecule has 0 radical (unpaired) electrons. The Hall–Kier alpha value is -3.16. The van der Waals surface area contributed by atoms with Gasteiger partial charge in [0.2, 0.25) is 17.7 Å². The molecule has 1 saturated carbocycles. The van der Waals surface area contributed by atoms with E-state index in [2.05, 4.69) is 5.10 Å². The highest BCUT2D eigenvalue weighted by Gasteiger charge is 2.39. The Morgan fingerprint density at radius 3 is 2.62 bits per heavy atom. The summed E-state index contributed by atoms with van der Waals surface area (Å²) in [5, 5.41) is 4.47. The van der Waals surface area contributed by atoms with Gasteiger partial charge in [0.25, 0.3) is 0 Å². The van der Waals surface area contributed by atoms with Crippen molar-refractivity contribution < 1.29 is 14.4 Å². The van der Waals surface area contributed by atoms with Crippen molar-refractivity contribution in [3.63, 3.8) is 0 Å². The maximum Gasteiger partial charge on any atom is 0.230 e. The maximum atomic E-state index is 13.0. The lowest BCUT2D eigenvalue weighted by Crippen LogP contribution is -2.51. The predicted molar refractivity (Wildman–Crippen MR) is 121 cm³/mol. The average Bonchev–Trinajstić information content (AvgIpc) is 3.38. The molecule has 0 spiro atoms. The second-order valence-corrected chi connectivity index (χ2v) is 9.14. The van der Waals surface area contributed by atoms with Crippen molar-refractivity contribution in [2.24, 2.45) is 5.92 Å². The van der Waals surface area contributed by atoms with Crippen LogP contribution in [0.15, 0.2) is 30.6 Å². The minimum atomic E-state index is -0.0652. The molecular formula is C24H29N5O3. The van der Waals surface area contributed by atoms with E-state index in [1.165, 1.54) is 0 Å². The Bertz CT molecular complexity index is 1070. The molecule has 0 N–H and O–H groups in total. The van der Waals surface area contributed by atoms with Crippen molar-refractivity contribution >= 4 is 29.1 Å². The number of carbonyl (C=O) groups is 3. The van der Waals surface area contributed by atoms with E-state index in [1.807, 2.05) is 52.0 Å². The standard InChI is InChI=1S/C24H29N5O3/c1-16-14-28(24(32)18-5-6-18)22-12-19(7-8-21(22)29(16)17(2)30)20-13-25-27(15-20)11-10-26-9-3-4-23(26)31/h7-8,12-13,15-16,18H,3-6,9-11,14H2,1-2H3/t16-/m0/s1. The second kappa shape index (κ2) is 8.07. The highest BCUT2D eigenvalue weighted by Crippen LogP contribution is 2.42. The fourth-order valence-electron chi connectivity index (χ4n) is 4.84. The third-order valence-corrected chi connectivity index (χ3v) is 6.68. The first kappa shape index (κ1) is 20.7. The number of anilines is 2. The molecule has 1 aliphatic carbocycles. The van der Waals surface area contributed by atoms with E-state index < -0.39 is 0 Å². The third kappa shape index (κ3) is 3.78. The third-order valence-electron chi connectivity index (χ3n) is 6.68. The van der Waals surface area contributed by atoms with Crippen LogP contribution in [0.1, 0.15) is 39.5 Å². The van der Waals surface area contributed by atoms with Crippen LogP contribution in [0.3, 0.4) is 0 Å². The van der Waals surface area contributed by atoms with Crippen LogP contribution >= 0.6 is 0 Å². The molecule has 2 aromatic rings. The van der Waals surface area contributed by atoms with Gasteiger partial charge in [0.1, 0.15) is 0 Å². The van der Waals surface area contributed by atoms with Gasteiger partial charge in [0.15, 0.2) is 0 Å². The molecule has 1 atom stereocenters. The van der Waals surface area contributed by atoms with E-state index in [4.69, 9.17) is 0 Å². The molecule has 1 aromatic carbocycles. The highest BCUT2D eigenvalue weighted by atomic mass is 16.2. The van der Waals surface area contributed by atoms with Crippen LogP contribution in [0, 0.1) is 5.92 Å². The van der Waals surface area contributed by atoms with Crippen LogP contribution in [0.4, 0.5) is 11.4 Å². The molecule has 2 aliphatic heterocycles. The van der Waals surface area contributed by atoms with Gasteiger partial charge in [-0.2, -0.15) is 5.10 Å². The number of likely N-dealkylation sites (tertiary alicyclic amines) is 1. The Morgan fingerprint density at radius 1 is 1.12 bits per heavy atom. The fraction of sp³-hybridized carbons (Fsp3) is 0.500. The molecule has 168 valence electrons. The predicted octanol–water partition coefficient (Wildman–Crippen LogP) is 2.67. The van der Waals surface area contributed by atoms with Gasteiger partial charge in [-0.3, -0.25) is 19.1 Å². The summed E-state index contributed by atoms with van der Waals surface area (Å²) in [5.41, 5.74) is 3.49. The highest BCUT2D eigenvalue weighted by molar-refractivity contribution is 6.06. The van der Waals surface area contributed by atoms with Crippen molar-refractivity contribution in [3.05, 3.63) is 30.6 Å². The zero-order valence-electron chi connectivity index (χ0n) is 18.7. The Morgan fingerprint density at radius 2 is 1.94 bits per heavy atom. The van der Waals surface area contributed by atoms with Gasteiger partial charge in [0, 0.05) is 50.7 Å². The van der Waals surface area contributed by atoms with Gasteiger partial charge in [-0.05, 0) is 43.9 Å². The molecule has 3 aliphatic rings. The van der Waals surface area contributed by atoms with Gasteiger partial charge in [0.05, 0.1) is 30.2 Å². The molecule has 2 fully saturated rings. The maximum absolute atomic E-state index is 13.0. The molecule has 1 saturated heterocycles. The van der Waals surface area contributed by atoms with Crippen LogP contribution < -0.4 is 9.80 Å². The lowest BCUT2D eigenvalue weighted by molar-refractivity contribution is -0.127. The summed E-state index contributed by atoms with van der Waals surface area (Å²) in [7, 11) is 0. The summed E-state index contributed by atoms with van der Waals surface area (Å²) >= 11 is 0. The topological polar surface area (TPSA) is 78.8 Å². The summed E-state index contributed by atoms with van der Waals surface area (Å²) in [6.07, 6.45) is 7.26. The Labute approximate surface area is 187 Å². The zero-order valence-corrected chi connectivity index (χ0v) is 18.7. The lowest BCUT2D eigenvalue weighted by atomic mass is 10.0. The monoisotopic (exact) mass is 435 g/mol. The van der Waals surface area contributed by atoms with Crippen molar-refractivity contribution in [1.82, 2.24) is 14.7 Å². The molecule has 1 aromatic heterocycles. The van der Waals surface area contributed by atoms with Crippen LogP contribution in [0.5, 0.6) is 0 Å². The number of hydrogen-bond donors (Lipinski definition) is 0. The van der Waals surface area contributed by atoms with Gasteiger partial charge < -0.3 is 14.7 Å². The van der Waals surface area contributed by atoms with E-state index in [0.29, 0.717) is 26.1 Å². The molecule has 8 nitrogen and oxygen atoms in total. The van der Waals surface area contributed by atoms with Crippen LogP contribution in [0.25, 0.3) is 11.1 Å². The quantitative estimate of drug-likeness (QED) is 0.723. The molecule has 0 unspecified atom stereocenters. The first-order valence-corrected chi connectivity index (χ1v) is 11.5. The molecule has 8 heteroatoms. The van der Waals surface area contributed by atoms with Crippen molar-refractivity contribution in [3.8, 4) is 11.1 Å². The molecular weight excluding hydrogens is 406 g/mol. The number of benzene rings is 1. The second-order valence-electron chi connectivity index (χ2n) is 9.14. The van der Waals surface area contributed by atoms with Crippen molar-refractivity contribution in [1.29, 1.82) is 0 Å². The average molecular weight is 436 g/mol. The van der Waals surface area contributed by atoms with E-state index in [-0.39, 0.29) is 29.7 Å². The summed E-state index contributed by atoms with van der Waals surface area (Å²) in [5.74, 6) is 0.467. The molecule has 0 bridgehead atoms. The van der Waals surface area contributed by atoms with E-state index in [9.17, 15) is 14.4 Å². The summed E-state index contributed by atoms with van der Waals surface area (Å²) in [6, 6.07) is 5.86. The van der Waals surface area contributed by atoms with Crippen LogP contribution in [-0.4, -0.2) is 58.1 Å². The summed E-state index contributed by atoms with van der Waals surface area (Å²) in [4.78, 5) is 42.7.